The van der Waals surface area contributed by atoms with E-state index in [1.807, 2.05) is 37.7 Å². The second-order valence-electron chi connectivity index (χ2n) is 8.82. The summed E-state index contributed by atoms with van der Waals surface area (Å²) in [5.41, 5.74) is 1.73. The van der Waals surface area contributed by atoms with E-state index in [0.717, 1.165) is 24.2 Å². The second kappa shape index (κ2) is 7.69. The Morgan fingerprint density at radius 3 is 2.56 bits per heavy atom. The van der Waals surface area contributed by atoms with Gasteiger partial charge in [0, 0.05) is 18.0 Å². The normalized spacial score (nSPS) is 18.3. The van der Waals surface area contributed by atoms with Gasteiger partial charge in [-0.3, -0.25) is 9.48 Å². The number of hydrogen-bond acceptors (Lipinski definition) is 3. The van der Waals surface area contributed by atoms with Gasteiger partial charge < -0.3 is 4.74 Å². The van der Waals surface area contributed by atoms with Gasteiger partial charge in [0.2, 0.25) is 0 Å². The fourth-order valence-corrected chi connectivity index (χ4v) is 2.64. The summed E-state index contributed by atoms with van der Waals surface area (Å²) in [6.45, 7) is 13.5. The third-order valence-corrected chi connectivity index (χ3v) is 4.26. The van der Waals surface area contributed by atoms with Crippen LogP contribution in [-0.2, 0) is 16.1 Å². The molecule has 1 aliphatic carbocycles. The molecule has 1 atom stereocenters. The van der Waals surface area contributed by atoms with E-state index in [9.17, 15) is 4.79 Å². The zero-order chi connectivity index (χ0) is 18.7. The molecule has 2 rings (SSSR count). The van der Waals surface area contributed by atoms with Crippen molar-refractivity contribution in [3.63, 3.8) is 0 Å². The van der Waals surface area contributed by atoms with Gasteiger partial charge in [-0.25, -0.2) is 0 Å². The SMILES string of the molecule is CC(C)(C)OCCn1ccc(C2=CCC(CC(=O)C(C)(C)C)C=C2)n1. The van der Waals surface area contributed by atoms with Crippen molar-refractivity contribution in [3.8, 4) is 0 Å². The van der Waals surface area contributed by atoms with E-state index in [1.165, 1.54) is 0 Å². The number of ether oxygens (including phenoxy) is 1. The molecule has 1 aromatic rings. The number of rotatable bonds is 6. The topological polar surface area (TPSA) is 44.1 Å². The molecule has 0 fully saturated rings. The maximum Gasteiger partial charge on any atom is 0.138 e. The van der Waals surface area contributed by atoms with Gasteiger partial charge in [0.05, 0.1) is 24.4 Å². The van der Waals surface area contributed by atoms with Crippen LogP contribution in [0.15, 0.2) is 30.5 Å². The minimum atomic E-state index is -0.258. The van der Waals surface area contributed by atoms with Gasteiger partial charge in [-0.2, -0.15) is 5.10 Å². The number of carbonyl (C=O) groups excluding carboxylic acids is 1. The number of ketones is 1. The summed E-state index contributed by atoms with van der Waals surface area (Å²) >= 11 is 0. The molecular formula is C21H32N2O2. The molecule has 0 aliphatic heterocycles. The van der Waals surface area contributed by atoms with Crippen molar-refractivity contribution in [2.45, 2.75) is 66.5 Å². The third kappa shape index (κ3) is 6.28. The van der Waals surface area contributed by atoms with E-state index < -0.39 is 0 Å². The Labute approximate surface area is 151 Å². The zero-order valence-electron chi connectivity index (χ0n) is 16.5. The molecule has 1 unspecified atom stereocenters. The van der Waals surface area contributed by atoms with E-state index >= 15 is 0 Å². The van der Waals surface area contributed by atoms with Crippen LogP contribution in [0.3, 0.4) is 0 Å². The molecule has 4 heteroatoms. The van der Waals surface area contributed by atoms with Crippen molar-refractivity contribution >= 4 is 11.4 Å². The van der Waals surface area contributed by atoms with Gasteiger partial charge in [0.1, 0.15) is 5.78 Å². The average molecular weight is 344 g/mol. The van der Waals surface area contributed by atoms with Crippen LogP contribution >= 0.6 is 0 Å². The molecule has 0 aromatic carbocycles. The van der Waals surface area contributed by atoms with Crippen molar-refractivity contribution < 1.29 is 9.53 Å². The smallest absolute Gasteiger partial charge is 0.138 e. The molecule has 0 N–H and O–H groups in total. The first-order valence-electron chi connectivity index (χ1n) is 9.14. The first-order valence-corrected chi connectivity index (χ1v) is 9.14. The fraction of sp³-hybridized carbons (Fsp3) is 0.619. The molecule has 0 saturated carbocycles. The lowest BCUT2D eigenvalue weighted by molar-refractivity contribution is -0.126. The molecule has 25 heavy (non-hydrogen) atoms. The van der Waals surface area contributed by atoms with Crippen LogP contribution in [0.4, 0.5) is 0 Å². The summed E-state index contributed by atoms with van der Waals surface area (Å²) in [7, 11) is 0. The van der Waals surface area contributed by atoms with Crippen molar-refractivity contribution in [3.05, 3.63) is 36.2 Å². The third-order valence-electron chi connectivity index (χ3n) is 4.26. The average Bonchev–Trinajstić information content (AvgIpc) is 2.94. The Balaban J connectivity index is 1.88. The first-order chi connectivity index (χ1) is 11.5. The lowest BCUT2D eigenvalue weighted by atomic mass is 9.82. The van der Waals surface area contributed by atoms with Crippen molar-refractivity contribution in [1.29, 1.82) is 0 Å². The van der Waals surface area contributed by atoms with E-state index in [0.29, 0.717) is 24.7 Å². The molecular weight excluding hydrogens is 312 g/mol. The maximum atomic E-state index is 12.2. The van der Waals surface area contributed by atoms with Crippen LogP contribution in [-0.4, -0.2) is 27.8 Å². The van der Waals surface area contributed by atoms with Crippen LogP contribution in [0.25, 0.3) is 5.57 Å². The van der Waals surface area contributed by atoms with Crippen molar-refractivity contribution in [2.75, 3.05) is 6.61 Å². The van der Waals surface area contributed by atoms with Gasteiger partial charge >= 0.3 is 0 Å². The zero-order valence-corrected chi connectivity index (χ0v) is 16.5. The summed E-state index contributed by atoms with van der Waals surface area (Å²) in [6.07, 6.45) is 9.95. The number of Topliss-reactive ketones (excluding diaryl/α,β-unsaturated/α-hetero) is 1. The van der Waals surface area contributed by atoms with Crippen LogP contribution in [0.5, 0.6) is 0 Å². The van der Waals surface area contributed by atoms with Gasteiger partial charge in [-0.1, -0.05) is 39.0 Å². The highest BCUT2D eigenvalue weighted by molar-refractivity contribution is 5.84. The molecule has 0 spiro atoms. The molecule has 1 heterocycles. The van der Waals surface area contributed by atoms with E-state index in [-0.39, 0.29) is 11.0 Å². The van der Waals surface area contributed by atoms with Crippen LogP contribution in [0.2, 0.25) is 0 Å². The lowest BCUT2D eigenvalue weighted by Gasteiger charge is -2.21. The van der Waals surface area contributed by atoms with Crippen molar-refractivity contribution in [1.82, 2.24) is 9.78 Å². The summed E-state index contributed by atoms with van der Waals surface area (Å²) in [6, 6.07) is 2.04. The standard InChI is InChI=1S/C21H32N2O2/c1-20(2,3)19(24)15-16-7-9-17(10-8-16)18-11-12-23(22-18)13-14-25-21(4,5)6/h7,9-12,16H,8,13-15H2,1-6H3. The Bertz CT molecular complexity index is 654. The molecule has 4 nitrogen and oxygen atoms in total. The summed E-state index contributed by atoms with van der Waals surface area (Å²) in [5.74, 6) is 0.625. The fourth-order valence-electron chi connectivity index (χ4n) is 2.64. The van der Waals surface area contributed by atoms with Gasteiger partial charge in [-0.15, -0.1) is 0 Å². The summed E-state index contributed by atoms with van der Waals surface area (Å²) < 4.78 is 7.67. The van der Waals surface area contributed by atoms with E-state index in [4.69, 9.17) is 4.74 Å². The molecule has 0 bridgehead atoms. The monoisotopic (exact) mass is 344 g/mol. The van der Waals surface area contributed by atoms with E-state index in [2.05, 4.69) is 44.1 Å². The number of carbonyl (C=O) groups is 1. The minimum Gasteiger partial charge on any atom is -0.374 e. The molecule has 138 valence electrons. The first kappa shape index (κ1) is 19.6. The highest BCUT2D eigenvalue weighted by Crippen LogP contribution is 2.28. The van der Waals surface area contributed by atoms with Crippen LogP contribution in [0.1, 0.15) is 60.1 Å². The van der Waals surface area contributed by atoms with Gasteiger partial charge in [0.15, 0.2) is 0 Å². The highest BCUT2D eigenvalue weighted by Gasteiger charge is 2.24. The maximum absolute atomic E-state index is 12.2. The predicted molar refractivity (Wildman–Crippen MR) is 102 cm³/mol. The van der Waals surface area contributed by atoms with Crippen LogP contribution in [0, 0.1) is 11.3 Å². The van der Waals surface area contributed by atoms with E-state index in [1.54, 1.807) is 0 Å². The molecule has 0 amide bonds. The number of aromatic nitrogens is 2. The molecule has 0 saturated heterocycles. The highest BCUT2D eigenvalue weighted by atomic mass is 16.5. The molecule has 1 aliphatic rings. The Kier molecular flexibility index (Phi) is 6.04. The summed E-state index contributed by atoms with van der Waals surface area (Å²) in [5, 5.41) is 4.63. The quantitative estimate of drug-likeness (QED) is 0.753. The van der Waals surface area contributed by atoms with Crippen molar-refractivity contribution in [2.24, 2.45) is 11.3 Å². The van der Waals surface area contributed by atoms with Gasteiger partial charge in [0.25, 0.3) is 0 Å². The van der Waals surface area contributed by atoms with Gasteiger partial charge in [-0.05, 0) is 44.7 Å². The molecule has 1 aromatic heterocycles. The summed E-state index contributed by atoms with van der Waals surface area (Å²) in [4.78, 5) is 12.2. The molecule has 0 radical (unpaired) electrons. The predicted octanol–water partition coefficient (Wildman–Crippen LogP) is 4.66. The number of allylic oxidation sites excluding steroid dienone is 4. The Morgan fingerprint density at radius 2 is 2.00 bits per heavy atom. The largest absolute Gasteiger partial charge is 0.374 e. The number of nitrogens with zero attached hydrogens (tertiary/aromatic N) is 2. The minimum absolute atomic E-state index is 0.121. The van der Waals surface area contributed by atoms with Crippen LogP contribution < -0.4 is 0 Å². The Morgan fingerprint density at radius 1 is 1.28 bits per heavy atom. The lowest BCUT2D eigenvalue weighted by Crippen LogP contribution is -2.22. The number of hydrogen-bond donors (Lipinski definition) is 0. The second-order valence-corrected chi connectivity index (χ2v) is 8.82. The Hall–Kier alpha value is -1.68.